The predicted octanol–water partition coefficient (Wildman–Crippen LogP) is 4.09. The van der Waals surface area contributed by atoms with Gasteiger partial charge in [-0.25, -0.2) is 14.4 Å². The number of hydrogen-bond acceptors (Lipinski definition) is 3. The number of hydrogen-bond donors (Lipinski definition) is 0. The van der Waals surface area contributed by atoms with Crippen LogP contribution in [0.25, 0.3) is 11.3 Å². The first-order chi connectivity index (χ1) is 8.70. The zero-order chi connectivity index (χ0) is 13.0. The second-order valence-corrected chi connectivity index (χ2v) is 5.10. The molecular weight excluding hydrogens is 247 g/mol. The minimum Gasteiger partial charge on any atom is -0.231 e. The number of rotatable bonds is 4. The van der Waals surface area contributed by atoms with Gasteiger partial charge >= 0.3 is 0 Å². The molecule has 0 atom stereocenters. The van der Waals surface area contributed by atoms with Crippen LogP contribution in [0.1, 0.15) is 18.9 Å². The van der Waals surface area contributed by atoms with Gasteiger partial charge in [0.1, 0.15) is 5.82 Å². The van der Waals surface area contributed by atoms with E-state index in [-0.39, 0.29) is 5.82 Å². The maximum atomic E-state index is 13.5. The molecule has 0 unspecified atom stereocenters. The molecule has 0 radical (unpaired) electrons. The first kappa shape index (κ1) is 13.0. The van der Waals surface area contributed by atoms with Gasteiger partial charge in [0.25, 0.3) is 0 Å². The zero-order valence-electron chi connectivity index (χ0n) is 10.5. The fourth-order valence-corrected chi connectivity index (χ4v) is 2.20. The third kappa shape index (κ3) is 3.07. The van der Waals surface area contributed by atoms with E-state index >= 15 is 0 Å². The SMILES string of the molecule is CCCSc1nccc(-c2ccc(C)c(F)c2)n1. The van der Waals surface area contributed by atoms with Gasteiger partial charge in [0.05, 0.1) is 5.69 Å². The molecule has 0 bridgehead atoms. The minimum absolute atomic E-state index is 0.200. The summed E-state index contributed by atoms with van der Waals surface area (Å²) in [6, 6.07) is 6.98. The lowest BCUT2D eigenvalue weighted by atomic mass is 10.1. The fourth-order valence-electron chi connectivity index (χ4n) is 1.52. The first-order valence-corrected chi connectivity index (χ1v) is 6.91. The van der Waals surface area contributed by atoms with E-state index in [0.717, 1.165) is 28.6 Å². The molecule has 0 amide bonds. The molecule has 2 aromatic rings. The minimum atomic E-state index is -0.200. The van der Waals surface area contributed by atoms with Crippen LogP contribution >= 0.6 is 11.8 Å². The van der Waals surface area contributed by atoms with E-state index in [0.29, 0.717) is 5.56 Å². The Kier molecular flexibility index (Phi) is 4.31. The fraction of sp³-hybridized carbons (Fsp3) is 0.286. The molecule has 0 saturated heterocycles. The molecule has 1 heterocycles. The first-order valence-electron chi connectivity index (χ1n) is 5.93. The Morgan fingerprint density at radius 3 is 2.83 bits per heavy atom. The number of benzene rings is 1. The quantitative estimate of drug-likeness (QED) is 0.613. The van der Waals surface area contributed by atoms with Crippen molar-refractivity contribution in [2.24, 2.45) is 0 Å². The lowest BCUT2D eigenvalue weighted by Gasteiger charge is -2.04. The van der Waals surface area contributed by atoms with E-state index in [4.69, 9.17) is 0 Å². The van der Waals surface area contributed by atoms with E-state index in [2.05, 4.69) is 16.9 Å². The van der Waals surface area contributed by atoms with Crippen LogP contribution in [0.15, 0.2) is 35.6 Å². The Hall–Kier alpha value is -1.42. The molecule has 0 N–H and O–H groups in total. The average Bonchev–Trinajstić information content (AvgIpc) is 2.40. The van der Waals surface area contributed by atoms with Crippen molar-refractivity contribution in [1.29, 1.82) is 0 Å². The lowest BCUT2D eigenvalue weighted by Crippen LogP contribution is -1.92. The highest BCUT2D eigenvalue weighted by Crippen LogP contribution is 2.22. The van der Waals surface area contributed by atoms with E-state index in [1.54, 1.807) is 37.0 Å². The number of halogens is 1. The van der Waals surface area contributed by atoms with Crippen molar-refractivity contribution >= 4 is 11.8 Å². The highest BCUT2D eigenvalue weighted by Gasteiger charge is 2.05. The molecule has 94 valence electrons. The zero-order valence-corrected chi connectivity index (χ0v) is 11.3. The number of aromatic nitrogens is 2. The van der Waals surface area contributed by atoms with Crippen molar-refractivity contribution in [2.45, 2.75) is 25.4 Å². The van der Waals surface area contributed by atoms with E-state index in [1.807, 2.05) is 6.07 Å². The molecule has 0 aliphatic rings. The number of nitrogens with zero attached hydrogens (tertiary/aromatic N) is 2. The maximum Gasteiger partial charge on any atom is 0.188 e. The van der Waals surface area contributed by atoms with Gasteiger partial charge in [-0.1, -0.05) is 30.8 Å². The lowest BCUT2D eigenvalue weighted by molar-refractivity contribution is 0.619. The summed E-state index contributed by atoms with van der Waals surface area (Å²) in [4.78, 5) is 8.64. The Balaban J connectivity index is 2.29. The van der Waals surface area contributed by atoms with Gasteiger partial charge in [0, 0.05) is 17.5 Å². The summed E-state index contributed by atoms with van der Waals surface area (Å²) in [6.07, 6.45) is 2.80. The molecule has 0 spiro atoms. The summed E-state index contributed by atoms with van der Waals surface area (Å²) in [5.41, 5.74) is 2.20. The Bertz CT molecular complexity index is 543. The van der Waals surface area contributed by atoms with Gasteiger partial charge < -0.3 is 0 Å². The summed E-state index contributed by atoms with van der Waals surface area (Å²) in [6.45, 7) is 3.87. The van der Waals surface area contributed by atoms with Crippen LogP contribution in [0.2, 0.25) is 0 Å². The van der Waals surface area contributed by atoms with Crippen molar-refractivity contribution in [3.8, 4) is 11.3 Å². The van der Waals surface area contributed by atoms with Gasteiger partial charge in [0.15, 0.2) is 5.16 Å². The van der Waals surface area contributed by atoms with Gasteiger partial charge in [-0.3, -0.25) is 0 Å². The Morgan fingerprint density at radius 1 is 1.28 bits per heavy atom. The molecule has 4 heteroatoms. The van der Waals surface area contributed by atoms with Crippen molar-refractivity contribution in [2.75, 3.05) is 5.75 Å². The molecule has 1 aromatic carbocycles. The molecule has 2 rings (SSSR count). The van der Waals surface area contributed by atoms with Crippen LogP contribution in [0.4, 0.5) is 4.39 Å². The van der Waals surface area contributed by atoms with Gasteiger partial charge in [-0.15, -0.1) is 0 Å². The highest BCUT2D eigenvalue weighted by molar-refractivity contribution is 7.99. The summed E-state index contributed by atoms with van der Waals surface area (Å²) >= 11 is 1.62. The second kappa shape index (κ2) is 5.96. The predicted molar refractivity (Wildman–Crippen MR) is 73.2 cm³/mol. The second-order valence-electron chi connectivity index (χ2n) is 4.04. The standard InChI is InChI=1S/C14H15FN2S/c1-3-8-18-14-16-7-6-13(17-14)11-5-4-10(2)12(15)9-11/h4-7,9H,3,8H2,1-2H3. The Labute approximate surface area is 111 Å². The van der Waals surface area contributed by atoms with Gasteiger partial charge in [-0.2, -0.15) is 0 Å². The van der Waals surface area contributed by atoms with Crippen molar-refractivity contribution < 1.29 is 4.39 Å². The molecule has 18 heavy (non-hydrogen) atoms. The third-order valence-corrected chi connectivity index (χ3v) is 3.60. The molecule has 0 saturated carbocycles. The summed E-state index contributed by atoms with van der Waals surface area (Å²) in [5.74, 6) is 0.792. The molecule has 1 aromatic heterocycles. The van der Waals surface area contributed by atoms with Crippen molar-refractivity contribution in [3.05, 3.63) is 41.8 Å². The van der Waals surface area contributed by atoms with Crippen LogP contribution in [0.5, 0.6) is 0 Å². The van der Waals surface area contributed by atoms with Crippen LogP contribution in [-0.4, -0.2) is 15.7 Å². The molecule has 2 nitrogen and oxygen atoms in total. The van der Waals surface area contributed by atoms with Gasteiger partial charge in [0.2, 0.25) is 0 Å². The highest BCUT2D eigenvalue weighted by atomic mass is 32.2. The van der Waals surface area contributed by atoms with Crippen LogP contribution < -0.4 is 0 Å². The maximum absolute atomic E-state index is 13.5. The third-order valence-electron chi connectivity index (χ3n) is 2.54. The Morgan fingerprint density at radius 2 is 2.11 bits per heavy atom. The van der Waals surface area contributed by atoms with E-state index in [9.17, 15) is 4.39 Å². The van der Waals surface area contributed by atoms with Crippen LogP contribution in [-0.2, 0) is 0 Å². The summed E-state index contributed by atoms with van der Waals surface area (Å²) in [7, 11) is 0. The monoisotopic (exact) mass is 262 g/mol. The van der Waals surface area contributed by atoms with Crippen LogP contribution in [0.3, 0.4) is 0 Å². The largest absolute Gasteiger partial charge is 0.231 e. The number of thioether (sulfide) groups is 1. The summed E-state index contributed by atoms with van der Waals surface area (Å²) in [5, 5.41) is 0.746. The van der Waals surface area contributed by atoms with E-state index < -0.39 is 0 Å². The van der Waals surface area contributed by atoms with Gasteiger partial charge in [-0.05, 0) is 31.0 Å². The molecule has 0 aliphatic heterocycles. The molecular formula is C14H15FN2S. The molecule has 0 aliphatic carbocycles. The van der Waals surface area contributed by atoms with Crippen LogP contribution in [0, 0.1) is 12.7 Å². The van der Waals surface area contributed by atoms with Crippen molar-refractivity contribution in [3.63, 3.8) is 0 Å². The smallest absolute Gasteiger partial charge is 0.188 e. The van der Waals surface area contributed by atoms with Crippen molar-refractivity contribution in [1.82, 2.24) is 9.97 Å². The average molecular weight is 262 g/mol. The van der Waals surface area contributed by atoms with E-state index in [1.165, 1.54) is 6.07 Å². The normalized spacial score (nSPS) is 10.6. The molecule has 0 fully saturated rings. The topological polar surface area (TPSA) is 25.8 Å². The number of aryl methyl sites for hydroxylation is 1. The summed E-state index contributed by atoms with van der Waals surface area (Å²) < 4.78 is 13.5.